The molecule has 1 aliphatic rings. The number of halogens is 1. The van der Waals surface area contributed by atoms with Gasteiger partial charge in [0.25, 0.3) is 0 Å². The predicted molar refractivity (Wildman–Crippen MR) is 95.1 cm³/mol. The molecule has 3 rings (SSSR count). The highest BCUT2D eigenvalue weighted by Crippen LogP contribution is 2.25. The fourth-order valence-electron chi connectivity index (χ4n) is 2.89. The SMILES string of the molecule is O=C(Cc1ccccc1)NCC1CC(=O)N(c2ccc(Cl)cc2)C1. The molecule has 1 heterocycles. The molecular weight excluding hydrogens is 324 g/mol. The van der Waals surface area contributed by atoms with Gasteiger partial charge in [-0.15, -0.1) is 0 Å². The van der Waals surface area contributed by atoms with Gasteiger partial charge in [-0.25, -0.2) is 0 Å². The van der Waals surface area contributed by atoms with Gasteiger partial charge in [0.15, 0.2) is 0 Å². The van der Waals surface area contributed by atoms with E-state index >= 15 is 0 Å². The van der Waals surface area contributed by atoms with Crippen LogP contribution in [0.4, 0.5) is 5.69 Å². The minimum absolute atomic E-state index is 0.0152. The number of carbonyl (C=O) groups is 2. The predicted octanol–water partition coefficient (Wildman–Crippen LogP) is 3.05. The number of hydrogen-bond acceptors (Lipinski definition) is 2. The van der Waals surface area contributed by atoms with E-state index in [-0.39, 0.29) is 17.7 Å². The lowest BCUT2D eigenvalue weighted by Gasteiger charge is -2.17. The van der Waals surface area contributed by atoms with Gasteiger partial charge in [-0.2, -0.15) is 0 Å². The lowest BCUT2D eigenvalue weighted by Crippen LogP contribution is -2.32. The van der Waals surface area contributed by atoms with E-state index in [1.807, 2.05) is 42.5 Å². The molecule has 2 aromatic rings. The maximum Gasteiger partial charge on any atom is 0.227 e. The summed E-state index contributed by atoms with van der Waals surface area (Å²) in [5, 5.41) is 3.58. The Balaban J connectivity index is 1.51. The minimum atomic E-state index is -0.0152. The second-order valence-electron chi connectivity index (χ2n) is 6.02. The van der Waals surface area contributed by atoms with Gasteiger partial charge in [0, 0.05) is 36.1 Å². The summed E-state index contributed by atoms with van der Waals surface area (Å²) in [5.74, 6) is 0.200. The number of benzene rings is 2. The van der Waals surface area contributed by atoms with Gasteiger partial charge < -0.3 is 10.2 Å². The third kappa shape index (κ3) is 4.15. The summed E-state index contributed by atoms with van der Waals surface area (Å²) < 4.78 is 0. The molecule has 0 bridgehead atoms. The average Bonchev–Trinajstić information content (AvgIpc) is 2.95. The highest BCUT2D eigenvalue weighted by Gasteiger charge is 2.30. The van der Waals surface area contributed by atoms with Gasteiger partial charge in [-0.05, 0) is 29.8 Å². The monoisotopic (exact) mass is 342 g/mol. The molecule has 0 spiro atoms. The van der Waals surface area contributed by atoms with Crippen molar-refractivity contribution in [1.82, 2.24) is 5.32 Å². The Morgan fingerprint density at radius 1 is 1.12 bits per heavy atom. The summed E-state index contributed by atoms with van der Waals surface area (Å²) in [6.07, 6.45) is 0.816. The van der Waals surface area contributed by atoms with Crippen LogP contribution in [-0.4, -0.2) is 24.9 Å². The van der Waals surface area contributed by atoms with Crippen LogP contribution in [0.15, 0.2) is 54.6 Å². The highest BCUT2D eigenvalue weighted by molar-refractivity contribution is 6.30. The summed E-state index contributed by atoms with van der Waals surface area (Å²) >= 11 is 5.88. The third-order valence-corrected chi connectivity index (χ3v) is 4.39. The number of rotatable bonds is 5. The Hall–Kier alpha value is -2.33. The van der Waals surface area contributed by atoms with E-state index in [9.17, 15) is 9.59 Å². The Bertz CT molecular complexity index is 716. The molecule has 2 amide bonds. The van der Waals surface area contributed by atoms with E-state index in [0.717, 1.165) is 11.3 Å². The van der Waals surface area contributed by atoms with Crippen molar-refractivity contribution < 1.29 is 9.59 Å². The molecule has 1 fully saturated rings. The Labute approximate surface area is 146 Å². The van der Waals surface area contributed by atoms with E-state index < -0.39 is 0 Å². The van der Waals surface area contributed by atoms with Crippen LogP contribution < -0.4 is 10.2 Å². The Morgan fingerprint density at radius 3 is 2.54 bits per heavy atom. The van der Waals surface area contributed by atoms with Gasteiger partial charge in [-0.1, -0.05) is 41.9 Å². The number of hydrogen-bond donors (Lipinski definition) is 1. The first-order valence-corrected chi connectivity index (χ1v) is 8.36. The van der Waals surface area contributed by atoms with Crippen molar-refractivity contribution in [3.8, 4) is 0 Å². The first kappa shape index (κ1) is 16.5. The van der Waals surface area contributed by atoms with Crippen molar-refractivity contribution in [3.05, 3.63) is 65.2 Å². The standard InChI is InChI=1S/C19H19ClN2O2/c20-16-6-8-17(9-7-16)22-13-15(11-19(22)24)12-21-18(23)10-14-4-2-1-3-5-14/h1-9,15H,10-13H2,(H,21,23). The molecule has 1 saturated heterocycles. The molecule has 0 radical (unpaired) electrons. The largest absolute Gasteiger partial charge is 0.355 e. The zero-order chi connectivity index (χ0) is 16.9. The van der Waals surface area contributed by atoms with Gasteiger partial charge >= 0.3 is 0 Å². The lowest BCUT2D eigenvalue weighted by atomic mass is 10.1. The van der Waals surface area contributed by atoms with Crippen LogP contribution >= 0.6 is 11.6 Å². The van der Waals surface area contributed by atoms with Crippen LogP contribution in [0.5, 0.6) is 0 Å². The average molecular weight is 343 g/mol. The van der Waals surface area contributed by atoms with Crippen molar-refractivity contribution in [2.24, 2.45) is 5.92 Å². The molecule has 1 aliphatic heterocycles. The molecule has 5 heteroatoms. The normalized spacial score (nSPS) is 17.1. The van der Waals surface area contributed by atoms with Crippen LogP contribution in [0.3, 0.4) is 0 Å². The molecule has 0 aliphatic carbocycles. The highest BCUT2D eigenvalue weighted by atomic mass is 35.5. The van der Waals surface area contributed by atoms with Gasteiger partial charge in [0.1, 0.15) is 0 Å². The van der Waals surface area contributed by atoms with Crippen molar-refractivity contribution in [3.63, 3.8) is 0 Å². The summed E-state index contributed by atoms with van der Waals surface area (Å²) in [5.41, 5.74) is 1.84. The van der Waals surface area contributed by atoms with Crippen LogP contribution in [0, 0.1) is 5.92 Å². The molecule has 0 aromatic heterocycles. The second-order valence-corrected chi connectivity index (χ2v) is 6.45. The molecule has 0 saturated carbocycles. The summed E-state index contributed by atoms with van der Waals surface area (Å²) in [6, 6.07) is 16.9. The first-order valence-electron chi connectivity index (χ1n) is 7.98. The van der Waals surface area contributed by atoms with Crippen molar-refractivity contribution >= 4 is 29.1 Å². The molecule has 4 nitrogen and oxygen atoms in total. The van der Waals surface area contributed by atoms with Crippen LogP contribution in [0.25, 0.3) is 0 Å². The Kier molecular flexibility index (Phi) is 5.16. The van der Waals surface area contributed by atoms with Gasteiger partial charge in [0.05, 0.1) is 6.42 Å². The molecule has 1 atom stereocenters. The lowest BCUT2D eigenvalue weighted by molar-refractivity contribution is -0.121. The van der Waals surface area contributed by atoms with E-state index in [4.69, 9.17) is 11.6 Å². The molecule has 24 heavy (non-hydrogen) atoms. The first-order chi connectivity index (χ1) is 11.6. The fraction of sp³-hybridized carbons (Fsp3) is 0.263. The number of nitrogens with one attached hydrogen (secondary N) is 1. The number of carbonyl (C=O) groups excluding carboxylic acids is 2. The molecule has 124 valence electrons. The second kappa shape index (κ2) is 7.49. The van der Waals surface area contributed by atoms with E-state index in [1.165, 1.54) is 0 Å². The van der Waals surface area contributed by atoms with Gasteiger partial charge in [0.2, 0.25) is 11.8 Å². The molecule has 1 unspecified atom stereocenters. The number of amides is 2. The smallest absolute Gasteiger partial charge is 0.227 e. The zero-order valence-corrected chi connectivity index (χ0v) is 14.0. The van der Waals surface area contributed by atoms with Crippen molar-refractivity contribution in [2.75, 3.05) is 18.0 Å². The van der Waals surface area contributed by atoms with Gasteiger partial charge in [-0.3, -0.25) is 9.59 Å². The zero-order valence-electron chi connectivity index (χ0n) is 13.2. The maximum atomic E-state index is 12.2. The van der Waals surface area contributed by atoms with Crippen LogP contribution in [0.2, 0.25) is 5.02 Å². The third-order valence-electron chi connectivity index (χ3n) is 4.14. The molecular formula is C19H19ClN2O2. The number of nitrogens with zero attached hydrogens (tertiary/aromatic N) is 1. The minimum Gasteiger partial charge on any atom is -0.355 e. The summed E-state index contributed by atoms with van der Waals surface area (Å²) in [6.45, 7) is 1.13. The maximum absolute atomic E-state index is 12.2. The number of anilines is 1. The van der Waals surface area contributed by atoms with Crippen molar-refractivity contribution in [2.45, 2.75) is 12.8 Å². The fourth-order valence-corrected chi connectivity index (χ4v) is 3.02. The topological polar surface area (TPSA) is 49.4 Å². The summed E-state index contributed by atoms with van der Waals surface area (Å²) in [4.78, 5) is 26.0. The van der Waals surface area contributed by atoms with Crippen LogP contribution in [0.1, 0.15) is 12.0 Å². The van der Waals surface area contributed by atoms with Crippen molar-refractivity contribution in [1.29, 1.82) is 0 Å². The van der Waals surface area contributed by atoms with Crippen LogP contribution in [-0.2, 0) is 16.0 Å². The summed E-state index contributed by atoms with van der Waals surface area (Å²) in [7, 11) is 0. The van der Waals surface area contributed by atoms with E-state index in [0.29, 0.717) is 31.0 Å². The molecule has 1 N–H and O–H groups in total. The molecule has 2 aromatic carbocycles. The quantitative estimate of drug-likeness (QED) is 0.908. The Morgan fingerprint density at radius 2 is 1.83 bits per heavy atom. The van der Waals surface area contributed by atoms with E-state index in [2.05, 4.69) is 5.32 Å². The van der Waals surface area contributed by atoms with E-state index in [1.54, 1.807) is 17.0 Å².